The van der Waals surface area contributed by atoms with Crippen molar-refractivity contribution in [3.05, 3.63) is 24.3 Å². The van der Waals surface area contributed by atoms with Gasteiger partial charge in [0.1, 0.15) is 5.75 Å². The Labute approximate surface area is 109 Å². The van der Waals surface area contributed by atoms with Crippen molar-refractivity contribution in [3.8, 4) is 5.75 Å². The first kappa shape index (κ1) is 12.9. The smallest absolute Gasteiger partial charge is 0.224 e. The first-order valence-corrected chi connectivity index (χ1v) is 6.84. The van der Waals surface area contributed by atoms with E-state index in [-0.39, 0.29) is 5.91 Å². The lowest BCUT2D eigenvalue weighted by Crippen LogP contribution is -2.12. The summed E-state index contributed by atoms with van der Waals surface area (Å²) in [5.41, 5.74) is 0.823. The highest BCUT2D eigenvalue weighted by atomic mass is 16.5. The minimum atomic E-state index is 0.0653. The molecule has 1 saturated carbocycles. The molecule has 0 aromatic heterocycles. The summed E-state index contributed by atoms with van der Waals surface area (Å²) in [7, 11) is 0. The monoisotopic (exact) mass is 247 g/mol. The average molecular weight is 247 g/mol. The van der Waals surface area contributed by atoms with E-state index in [0.29, 0.717) is 12.5 Å². The summed E-state index contributed by atoms with van der Waals surface area (Å²) in [5, 5.41) is 2.89. The van der Waals surface area contributed by atoms with Gasteiger partial charge in [0, 0.05) is 18.2 Å². The molecule has 3 heteroatoms. The molecule has 18 heavy (non-hydrogen) atoms. The maximum Gasteiger partial charge on any atom is 0.224 e. The van der Waals surface area contributed by atoms with Crippen LogP contribution in [0.2, 0.25) is 0 Å². The topological polar surface area (TPSA) is 38.3 Å². The molecule has 0 bridgehead atoms. The molecule has 0 radical (unpaired) electrons. The van der Waals surface area contributed by atoms with Crippen LogP contribution < -0.4 is 10.1 Å². The summed E-state index contributed by atoms with van der Waals surface area (Å²) in [6.45, 7) is 2.00. The Morgan fingerprint density at radius 3 is 2.89 bits per heavy atom. The van der Waals surface area contributed by atoms with E-state index in [0.717, 1.165) is 30.7 Å². The number of anilines is 1. The lowest BCUT2D eigenvalue weighted by molar-refractivity contribution is -0.116. The number of benzene rings is 1. The van der Waals surface area contributed by atoms with Gasteiger partial charge in [0.05, 0.1) is 6.10 Å². The number of nitrogens with one attached hydrogen (secondary N) is 1. The first-order chi connectivity index (χ1) is 8.78. The molecule has 1 amide bonds. The zero-order valence-electron chi connectivity index (χ0n) is 10.9. The molecule has 98 valence electrons. The maximum atomic E-state index is 11.5. The zero-order valence-corrected chi connectivity index (χ0v) is 10.9. The number of hydrogen-bond donors (Lipinski definition) is 1. The van der Waals surface area contributed by atoms with Crippen molar-refractivity contribution in [1.82, 2.24) is 0 Å². The largest absolute Gasteiger partial charge is 0.490 e. The van der Waals surface area contributed by atoms with Crippen molar-refractivity contribution in [3.63, 3.8) is 0 Å². The van der Waals surface area contributed by atoms with E-state index < -0.39 is 0 Å². The van der Waals surface area contributed by atoms with Crippen LogP contribution in [-0.4, -0.2) is 12.0 Å². The third-order valence-corrected chi connectivity index (χ3v) is 3.20. The van der Waals surface area contributed by atoms with Crippen molar-refractivity contribution in [1.29, 1.82) is 0 Å². The van der Waals surface area contributed by atoms with Crippen LogP contribution in [0, 0.1) is 0 Å². The van der Waals surface area contributed by atoms with E-state index in [9.17, 15) is 4.79 Å². The Bertz CT molecular complexity index is 397. The molecule has 0 unspecified atom stereocenters. The van der Waals surface area contributed by atoms with Gasteiger partial charge in [-0.15, -0.1) is 0 Å². The number of ether oxygens (including phenoxy) is 1. The van der Waals surface area contributed by atoms with E-state index in [1.807, 2.05) is 31.2 Å². The third kappa shape index (κ3) is 3.76. The number of carbonyl (C=O) groups is 1. The summed E-state index contributed by atoms with van der Waals surface area (Å²) in [6.07, 6.45) is 6.60. The van der Waals surface area contributed by atoms with Gasteiger partial charge in [0.15, 0.2) is 0 Å². The standard InChI is InChI=1S/C15H21NO2/c1-2-6-15(17)16-12-7-5-10-14(11-12)18-13-8-3-4-9-13/h5,7,10-11,13H,2-4,6,8-9H2,1H3,(H,16,17). The molecule has 2 rings (SSSR count). The van der Waals surface area contributed by atoms with Gasteiger partial charge in [-0.1, -0.05) is 13.0 Å². The predicted molar refractivity (Wildman–Crippen MR) is 72.9 cm³/mol. The lowest BCUT2D eigenvalue weighted by atomic mass is 10.2. The Morgan fingerprint density at radius 1 is 1.39 bits per heavy atom. The van der Waals surface area contributed by atoms with Crippen LogP contribution in [0.15, 0.2) is 24.3 Å². The molecule has 0 saturated heterocycles. The van der Waals surface area contributed by atoms with Crippen LogP contribution >= 0.6 is 0 Å². The van der Waals surface area contributed by atoms with Crippen LogP contribution in [0.1, 0.15) is 45.4 Å². The van der Waals surface area contributed by atoms with Crippen molar-refractivity contribution >= 4 is 11.6 Å². The molecule has 0 heterocycles. The highest BCUT2D eigenvalue weighted by Crippen LogP contribution is 2.25. The fraction of sp³-hybridized carbons (Fsp3) is 0.533. The van der Waals surface area contributed by atoms with Gasteiger partial charge < -0.3 is 10.1 Å². The molecule has 3 nitrogen and oxygen atoms in total. The molecule has 1 aliphatic rings. The fourth-order valence-electron chi connectivity index (χ4n) is 2.30. The van der Waals surface area contributed by atoms with E-state index in [2.05, 4.69) is 5.32 Å². The quantitative estimate of drug-likeness (QED) is 0.860. The zero-order chi connectivity index (χ0) is 12.8. The Hall–Kier alpha value is -1.51. The van der Waals surface area contributed by atoms with Crippen molar-refractivity contribution in [2.75, 3.05) is 5.32 Å². The second-order valence-electron chi connectivity index (χ2n) is 4.85. The van der Waals surface area contributed by atoms with Crippen LogP contribution in [0.25, 0.3) is 0 Å². The molecule has 1 aromatic rings. The van der Waals surface area contributed by atoms with Gasteiger partial charge in [-0.3, -0.25) is 4.79 Å². The van der Waals surface area contributed by atoms with Crippen LogP contribution in [-0.2, 0) is 4.79 Å². The Balaban J connectivity index is 1.93. The summed E-state index contributed by atoms with van der Waals surface area (Å²) in [5.74, 6) is 0.923. The summed E-state index contributed by atoms with van der Waals surface area (Å²) in [4.78, 5) is 11.5. The highest BCUT2D eigenvalue weighted by Gasteiger charge is 2.16. The van der Waals surface area contributed by atoms with Gasteiger partial charge in [-0.05, 0) is 44.2 Å². The molecule has 0 spiro atoms. The van der Waals surface area contributed by atoms with E-state index in [1.165, 1.54) is 12.8 Å². The van der Waals surface area contributed by atoms with Crippen molar-refractivity contribution < 1.29 is 9.53 Å². The normalized spacial score (nSPS) is 15.6. The second kappa shape index (κ2) is 6.43. The van der Waals surface area contributed by atoms with E-state index >= 15 is 0 Å². The van der Waals surface area contributed by atoms with E-state index in [4.69, 9.17) is 4.74 Å². The second-order valence-corrected chi connectivity index (χ2v) is 4.85. The minimum Gasteiger partial charge on any atom is -0.490 e. The summed E-state index contributed by atoms with van der Waals surface area (Å²) in [6, 6.07) is 7.68. The Kier molecular flexibility index (Phi) is 4.62. The van der Waals surface area contributed by atoms with Crippen LogP contribution in [0.4, 0.5) is 5.69 Å². The number of carbonyl (C=O) groups excluding carboxylic acids is 1. The van der Waals surface area contributed by atoms with E-state index in [1.54, 1.807) is 0 Å². The van der Waals surface area contributed by atoms with Crippen LogP contribution in [0.5, 0.6) is 5.75 Å². The Morgan fingerprint density at radius 2 is 2.17 bits per heavy atom. The SMILES string of the molecule is CCCC(=O)Nc1cccc(OC2CCCC2)c1. The highest BCUT2D eigenvalue weighted by molar-refractivity contribution is 5.90. The lowest BCUT2D eigenvalue weighted by Gasteiger charge is -2.14. The maximum absolute atomic E-state index is 11.5. The van der Waals surface area contributed by atoms with Gasteiger partial charge in [-0.25, -0.2) is 0 Å². The van der Waals surface area contributed by atoms with Gasteiger partial charge in [0.2, 0.25) is 5.91 Å². The predicted octanol–water partition coefficient (Wildman–Crippen LogP) is 3.75. The van der Waals surface area contributed by atoms with Gasteiger partial charge in [-0.2, -0.15) is 0 Å². The van der Waals surface area contributed by atoms with Gasteiger partial charge >= 0.3 is 0 Å². The minimum absolute atomic E-state index is 0.0653. The molecule has 1 N–H and O–H groups in total. The number of hydrogen-bond acceptors (Lipinski definition) is 2. The van der Waals surface area contributed by atoms with Crippen LogP contribution in [0.3, 0.4) is 0 Å². The molecule has 1 fully saturated rings. The fourth-order valence-corrected chi connectivity index (χ4v) is 2.30. The number of amides is 1. The molecular weight excluding hydrogens is 226 g/mol. The van der Waals surface area contributed by atoms with Crippen molar-refractivity contribution in [2.45, 2.75) is 51.6 Å². The number of rotatable bonds is 5. The first-order valence-electron chi connectivity index (χ1n) is 6.84. The van der Waals surface area contributed by atoms with Gasteiger partial charge in [0.25, 0.3) is 0 Å². The molecular formula is C15H21NO2. The third-order valence-electron chi connectivity index (χ3n) is 3.20. The average Bonchev–Trinajstić information content (AvgIpc) is 2.82. The molecule has 0 aliphatic heterocycles. The summed E-state index contributed by atoms with van der Waals surface area (Å²) < 4.78 is 5.91. The van der Waals surface area contributed by atoms with Crippen molar-refractivity contribution in [2.24, 2.45) is 0 Å². The molecule has 1 aromatic carbocycles. The summed E-state index contributed by atoms with van der Waals surface area (Å²) >= 11 is 0. The molecule has 1 aliphatic carbocycles. The molecule has 0 atom stereocenters.